The summed E-state index contributed by atoms with van der Waals surface area (Å²) in [5.41, 5.74) is 6.69. The summed E-state index contributed by atoms with van der Waals surface area (Å²) < 4.78 is 22.5. The van der Waals surface area contributed by atoms with Gasteiger partial charge in [0.25, 0.3) is 0 Å². The lowest BCUT2D eigenvalue weighted by atomic mass is 9.67. The van der Waals surface area contributed by atoms with Crippen LogP contribution < -0.4 is 9.47 Å². The lowest BCUT2D eigenvalue weighted by Gasteiger charge is -2.34. The Morgan fingerprint density at radius 3 is 1.83 bits per heavy atom. The predicted octanol–water partition coefficient (Wildman–Crippen LogP) is 6.26. The largest absolute Gasteiger partial charge is 0.491 e. The third kappa shape index (κ3) is 3.68. The number of hydrogen-bond donors (Lipinski definition) is 0. The maximum absolute atomic E-state index is 6.82. The molecule has 4 aromatic carbocycles. The summed E-state index contributed by atoms with van der Waals surface area (Å²) in [7, 11) is 0. The van der Waals surface area contributed by atoms with Crippen LogP contribution in [0, 0.1) is 0 Å². The molecule has 2 aliphatic heterocycles. The van der Waals surface area contributed by atoms with E-state index >= 15 is 0 Å². The van der Waals surface area contributed by atoms with E-state index in [1.54, 1.807) is 0 Å². The molecule has 0 N–H and O–H groups in total. The third-order valence-electron chi connectivity index (χ3n) is 7.27. The smallest absolute Gasteiger partial charge is 0.138 e. The van der Waals surface area contributed by atoms with E-state index in [0.29, 0.717) is 24.0 Å². The first-order chi connectivity index (χ1) is 17.7. The van der Waals surface area contributed by atoms with Crippen molar-refractivity contribution in [3.8, 4) is 22.6 Å². The summed E-state index contributed by atoms with van der Waals surface area (Å²) >= 11 is 6.82. The SMILES string of the molecule is Clc1cc(C2(c3ccc(OCC4CO4)cc3)c3ccccc3-c3ccccc32)ccc1OCC1CO1. The van der Waals surface area contributed by atoms with Crippen LogP contribution >= 0.6 is 11.6 Å². The molecule has 2 unspecified atom stereocenters. The van der Waals surface area contributed by atoms with Gasteiger partial charge in [-0.15, -0.1) is 0 Å². The van der Waals surface area contributed by atoms with E-state index in [2.05, 4.69) is 84.9 Å². The minimum Gasteiger partial charge on any atom is -0.491 e. The predicted molar refractivity (Wildman–Crippen MR) is 139 cm³/mol. The summed E-state index contributed by atoms with van der Waals surface area (Å²) in [5, 5.41) is 0.596. The molecule has 4 aromatic rings. The van der Waals surface area contributed by atoms with Gasteiger partial charge in [0.2, 0.25) is 0 Å². The Kier molecular flexibility index (Phi) is 5.28. The molecule has 4 nitrogen and oxygen atoms in total. The Morgan fingerprint density at radius 1 is 0.694 bits per heavy atom. The highest BCUT2D eigenvalue weighted by molar-refractivity contribution is 6.32. The number of fused-ring (bicyclic) bond motifs is 3. The van der Waals surface area contributed by atoms with Crippen molar-refractivity contribution in [3.05, 3.63) is 118 Å². The van der Waals surface area contributed by atoms with E-state index in [1.165, 1.54) is 22.3 Å². The van der Waals surface area contributed by atoms with Crippen LogP contribution in [0.25, 0.3) is 11.1 Å². The minimum atomic E-state index is -0.521. The van der Waals surface area contributed by atoms with Crippen molar-refractivity contribution in [3.63, 3.8) is 0 Å². The number of halogens is 1. The van der Waals surface area contributed by atoms with Gasteiger partial charge in [0, 0.05) is 0 Å². The van der Waals surface area contributed by atoms with E-state index in [0.717, 1.165) is 30.1 Å². The molecule has 0 saturated carbocycles. The number of epoxide rings is 2. The van der Waals surface area contributed by atoms with Crippen molar-refractivity contribution in [2.75, 3.05) is 26.4 Å². The van der Waals surface area contributed by atoms with Gasteiger partial charge < -0.3 is 18.9 Å². The maximum Gasteiger partial charge on any atom is 0.138 e. The van der Waals surface area contributed by atoms with Crippen molar-refractivity contribution >= 4 is 11.6 Å². The third-order valence-corrected chi connectivity index (χ3v) is 7.57. The van der Waals surface area contributed by atoms with Crippen LogP contribution in [-0.2, 0) is 14.9 Å². The van der Waals surface area contributed by atoms with Crippen LogP contribution in [0.4, 0.5) is 0 Å². The van der Waals surface area contributed by atoms with Gasteiger partial charge in [-0.1, -0.05) is 78.3 Å². The molecule has 2 saturated heterocycles. The standard InChI is InChI=1S/C31H25ClO4/c32-29-15-21(11-14-30(29)36-19-24-18-35-24)31(20-9-12-22(13-10-20)33-16-23-17-34-23)27-7-3-1-5-25(27)26-6-2-4-8-28(26)31/h1-15,23-24H,16-19H2. The van der Waals surface area contributed by atoms with Gasteiger partial charge in [-0.05, 0) is 57.6 Å². The van der Waals surface area contributed by atoms with Gasteiger partial charge in [-0.2, -0.15) is 0 Å². The fraction of sp³-hybridized carbons (Fsp3) is 0.226. The molecule has 0 amide bonds. The van der Waals surface area contributed by atoms with Gasteiger partial charge in [0.15, 0.2) is 0 Å². The van der Waals surface area contributed by atoms with Crippen LogP contribution in [0.1, 0.15) is 22.3 Å². The number of ether oxygens (including phenoxy) is 4. The van der Waals surface area contributed by atoms with Crippen molar-refractivity contribution < 1.29 is 18.9 Å². The van der Waals surface area contributed by atoms with Crippen LogP contribution in [0.5, 0.6) is 11.5 Å². The first kappa shape index (κ1) is 21.9. The molecule has 0 aromatic heterocycles. The van der Waals surface area contributed by atoms with Gasteiger partial charge in [0.05, 0.1) is 23.7 Å². The van der Waals surface area contributed by atoms with Gasteiger partial charge in [-0.25, -0.2) is 0 Å². The van der Waals surface area contributed by atoms with E-state index in [4.69, 9.17) is 30.5 Å². The second-order valence-corrected chi connectivity index (χ2v) is 9.95. The Morgan fingerprint density at radius 2 is 1.25 bits per heavy atom. The molecule has 3 aliphatic rings. The minimum absolute atomic E-state index is 0.174. The fourth-order valence-corrected chi connectivity index (χ4v) is 5.61. The van der Waals surface area contributed by atoms with Crippen LogP contribution in [0.2, 0.25) is 5.02 Å². The van der Waals surface area contributed by atoms with E-state index < -0.39 is 5.41 Å². The molecule has 2 atom stereocenters. The van der Waals surface area contributed by atoms with Crippen LogP contribution in [0.3, 0.4) is 0 Å². The molecule has 2 fully saturated rings. The highest BCUT2D eigenvalue weighted by Crippen LogP contribution is 2.56. The zero-order chi connectivity index (χ0) is 24.1. The van der Waals surface area contributed by atoms with Crippen molar-refractivity contribution in [1.82, 2.24) is 0 Å². The Balaban J connectivity index is 1.38. The molecule has 180 valence electrons. The lowest BCUT2D eigenvalue weighted by molar-refractivity contribution is 0.263. The number of rotatable bonds is 8. The molecule has 0 bridgehead atoms. The van der Waals surface area contributed by atoms with Crippen LogP contribution in [0.15, 0.2) is 91.0 Å². The molecular weight excluding hydrogens is 472 g/mol. The zero-order valence-corrected chi connectivity index (χ0v) is 20.4. The molecular formula is C31H25ClO4. The number of benzene rings is 4. The molecule has 7 rings (SSSR count). The fourth-order valence-electron chi connectivity index (χ4n) is 5.38. The van der Waals surface area contributed by atoms with Crippen molar-refractivity contribution in [1.29, 1.82) is 0 Å². The highest BCUT2D eigenvalue weighted by atomic mass is 35.5. The Hall–Kier alpha value is -3.31. The summed E-state index contributed by atoms with van der Waals surface area (Å²) in [4.78, 5) is 0. The molecule has 0 spiro atoms. The summed E-state index contributed by atoms with van der Waals surface area (Å²) in [6.45, 7) is 2.63. The monoisotopic (exact) mass is 496 g/mol. The van der Waals surface area contributed by atoms with Crippen LogP contribution in [-0.4, -0.2) is 38.6 Å². The van der Waals surface area contributed by atoms with E-state index in [9.17, 15) is 0 Å². The Labute approximate surface area is 215 Å². The average molecular weight is 497 g/mol. The van der Waals surface area contributed by atoms with E-state index in [1.807, 2.05) is 6.07 Å². The average Bonchev–Trinajstić information content (AvgIpc) is 3.85. The summed E-state index contributed by atoms with van der Waals surface area (Å²) in [6, 6.07) is 31.9. The van der Waals surface area contributed by atoms with Gasteiger partial charge in [0.1, 0.15) is 36.9 Å². The molecule has 0 radical (unpaired) electrons. The lowest BCUT2D eigenvalue weighted by Crippen LogP contribution is -2.28. The molecule has 2 heterocycles. The maximum atomic E-state index is 6.82. The topological polar surface area (TPSA) is 43.5 Å². The second-order valence-electron chi connectivity index (χ2n) is 9.54. The van der Waals surface area contributed by atoms with Crippen molar-refractivity contribution in [2.45, 2.75) is 17.6 Å². The first-order valence-corrected chi connectivity index (χ1v) is 12.7. The second kappa shape index (κ2) is 8.67. The van der Waals surface area contributed by atoms with Gasteiger partial charge >= 0.3 is 0 Å². The van der Waals surface area contributed by atoms with Crippen molar-refractivity contribution in [2.24, 2.45) is 0 Å². The normalized spacial score (nSPS) is 20.4. The quantitative estimate of drug-likeness (QED) is 0.238. The number of hydrogen-bond acceptors (Lipinski definition) is 4. The Bertz CT molecular complexity index is 1380. The molecule has 36 heavy (non-hydrogen) atoms. The summed E-state index contributed by atoms with van der Waals surface area (Å²) in [5.74, 6) is 1.52. The van der Waals surface area contributed by atoms with Gasteiger partial charge in [-0.3, -0.25) is 0 Å². The summed E-state index contributed by atoms with van der Waals surface area (Å²) in [6.07, 6.45) is 0.395. The highest BCUT2D eigenvalue weighted by Gasteiger charge is 2.46. The first-order valence-electron chi connectivity index (χ1n) is 12.3. The molecule has 1 aliphatic carbocycles. The van der Waals surface area contributed by atoms with E-state index in [-0.39, 0.29) is 12.2 Å². The molecule has 5 heteroatoms. The zero-order valence-electron chi connectivity index (χ0n) is 19.7.